The molecule has 0 aliphatic heterocycles. The number of hydrogen-bond donors (Lipinski definition) is 0. The van der Waals surface area contributed by atoms with E-state index in [0.717, 1.165) is 12.2 Å². The minimum atomic E-state index is 0.950. The molecule has 0 nitrogen and oxygen atoms in total. The molecule has 0 rings (SSSR count). The van der Waals surface area contributed by atoms with Crippen LogP contribution in [0.15, 0.2) is 0 Å². The summed E-state index contributed by atoms with van der Waals surface area (Å²) in [5.41, 5.74) is 0. The zero-order chi connectivity index (χ0) is 9.40. The molecule has 0 aromatic heterocycles. The van der Waals surface area contributed by atoms with Crippen LogP contribution in [0.5, 0.6) is 0 Å². The van der Waals surface area contributed by atoms with Crippen molar-refractivity contribution in [2.75, 3.05) is 0 Å². The fourth-order valence-electron chi connectivity index (χ4n) is 2.08. The van der Waals surface area contributed by atoms with E-state index in [0.29, 0.717) is 0 Å². The third-order valence-corrected chi connectivity index (χ3v) is 2.79. The Morgan fingerprint density at radius 3 is 2.50 bits per heavy atom. The molecule has 0 aliphatic rings. The first-order valence-corrected chi connectivity index (χ1v) is 5.74. The Hall–Kier alpha value is 0.455. The SMILES string of the molecule is BBBB(BB)BC(C)CCC. The van der Waals surface area contributed by atoms with Gasteiger partial charge in [-0.25, -0.2) is 0 Å². The predicted octanol–water partition coefficient (Wildman–Crippen LogP) is -2.66. The van der Waals surface area contributed by atoms with E-state index in [2.05, 4.69) is 29.3 Å². The van der Waals surface area contributed by atoms with Crippen molar-refractivity contribution in [3.8, 4) is 0 Å². The van der Waals surface area contributed by atoms with Crippen LogP contribution >= 0.6 is 0 Å². The van der Waals surface area contributed by atoms with Crippen molar-refractivity contribution < 1.29 is 0 Å². The Balaban J connectivity index is 3.53. The average molecular weight is 155 g/mol. The molecule has 0 aliphatic carbocycles. The molecule has 0 radical (unpaired) electrons. The monoisotopic (exact) mass is 156 g/mol. The zero-order valence-electron chi connectivity index (χ0n) is 9.40. The van der Waals surface area contributed by atoms with E-state index >= 15 is 0 Å². The van der Waals surface area contributed by atoms with Crippen molar-refractivity contribution in [3.63, 3.8) is 0 Å². The second kappa shape index (κ2) is 8.07. The van der Waals surface area contributed by atoms with Crippen LogP contribution in [0, 0.1) is 0 Å². The molecule has 0 amide bonds. The lowest BCUT2D eigenvalue weighted by molar-refractivity contribution is 0.767. The molecule has 0 saturated carbocycles. The summed E-state index contributed by atoms with van der Waals surface area (Å²) in [6.07, 6.45) is 3.76. The predicted molar refractivity (Wildman–Crippen MR) is 75.8 cm³/mol. The molecule has 0 N–H and O–H groups in total. The van der Waals surface area contributed by atoms with Gasteiger partial charge in [0.05, 0.1) is 22.6 Å². The van der Waals surface area contributed by atoms with Gasteiger partial charge in [-0.15, -0.1) is 0 Å². The van der Waals surface area contributed by atoms with E-state index in [-0.39, 0.29) is 0 Å². The molecular weight excluding hydrogens is 136 g/mol. The van der Waals surface area contributed by atoms with E-state index in [9.17, 15) is 0 Å². The van der Waals surface area contributed by atoms with Gasteiger partial charge in [0, 0.05) is 27.6 Å². The second-order valence-corrected chi connectivity index (χ2v) is 4.19. The first-order chi connectivity index (χ1) is 5.74. The van der Waals surface area contributed by atoms with Gasteiger partial charge < -0.3 is 0 Å². The van der Waals surface area contributed by atoms with Crippen LogP contribution in [0.1, 0.15) is 26.7 Å². The fraction of sp³-hybridized carbons (Fsp3) is 1.00. The van der Waals surface area contributed by atoms with E-state index in [4.69, 9.17) is 0 Å². The maximum absolute atomic E-state index is 2.40. The third kappa shape index (κ3) is 6.02. The summed E-state index contributed by atoms with van der Waals surface area (Å²) in [5.74, 6) is 0.950. The highest BCUT2D eigenvalue weighted by Gasteiger charge is 2.15. The summed E-state index contributed by atoms with van der Waals surface area (Å²) < 4.78 is 0. The quantitative estimate of drug-likeness (QED) is 0.352. The van der Waals surface area contributed by atoms with Crippen molar-refractivity contribution >= 4 is 50.2 Å². The van der Waals surface area contributed by atoms with Crippen molar-refractivity contribution in [1.29, 1.82) is 0 Å². The van der Waals surface area contributed by atoms with E-state index in [1.165, 1.54) is 41.2 Å². The summed E-state index contributed by atoms with van der Waals surface area (Å²) in [7, 11) is 10.3. The Morgan fingerprint density at radius 2 is 2.08 bits per heavy atom. The standard InChI is InChI=1S/C5H19B7/c1-3-4-5(2)8-12(10-7)11-9-6/h5,8-11H,3-4,6-7H2,1-2H3. The molecular formula is C5H19B7. The van der Waals surface area contributed by atoms with Crippen LogP contribution in [-0.2, 0) is 0 Å². The van der Waals surface area contributed by atoms with Gasteiger partial charge in [-0.2, -0.15) is 0 Å². The van der Waals surface area contributed by atoms with Crippen LogP contribution in [-0.4, -0.2) is 50.2 Å². The van der Waals surface area contributed by atoms with Crippen LogP contribution < -0.4 is 0 Å². The van der Waals surface area contributed by atoms with E-state index < -0.39 is 0 Å². The van der Waals surface area contributed by atoms with Gasteiger partial charge in [0.25, 0.3) is 0 Å². The van der Waals surface area contributed by atoms with Crippen molar-refractivity contribution in [2.24, 2.45) is 0 Å². The fourth-order valence-corrected chi connectivity index (χ4v) is 2.08. The van der Waals surface area contributed by atoms with Gasteiger partial charge in [-0.1, -0.05) is 32.5 Å². The van der Waals surface area contributed by atoms with Crippen molar-refractivity contribution in [2.45, 2.75) is 32.5 Å². The molecule has 0 saturated heterocycles. The number of hydrogen-bond acceptors (Lipinski definition) is 0. The van der Waals surface area contributed by atoms with Crippen LogP contribution in [0.4, 0.5) is 0 Å². The molecule has 1 atom stereocenters. The molecule has 0 aromatic carbocycles. The summed E-state index contributed by atoms with van der Waals surface area (Å²) in [4.78, 5) is 0. The van der Waals surface area contributed by atoms with Gasteiger partial charge in [0.2, 0.25) is 0 Å². The van der Waals surface area contributed by atoms with Gasteiger partial charge in [-0.3, -0.25) is 0 Å². The Bertz CT molecular complexity index is 97.8. The minimum absolute atomic E-state index is 0.950. The average Bonchev–Trinajstić information content (AvgIpc) is 2.04. The molecule has 1 unspecified atom stereocenters. The Labute approximate surface area is 83.2 Å². The third-order valence-electron chi connectivity index (χ3n) is 2.79. The summed E-state index contributed by atoms with van der Waals surface area (Å²) in [6.45, 7) is 4.69. The lowest BCUT2D eigenvalue weighted by atomic mass is 8.80. The van der Waals surface area contributed by atoms with Crippen molar-refractivity contribution in [3.05, 3.63) is 0 Å². The smallest absolute Gasteiger partial charge is 0.0766 e. The topological polar surface area (TPSA) is 0 Å². The molecule has 0 bridgehead atoms. The van der Waals surface area contributed by atoms with Gasteiger partial charge in [0.15, 0.2) is 0 Å². The van der Waals surface area contributed by atoms with Gasteiger partial charge in [0.1, 0.15) is 0 Å². The maximum atomic E-state index is 2.40. The molecule has 0 aromatic rings. The lowest BCUT2D eigenvalue weighted by Gasteiger charge is -2.13. The van der Waals surface area contributed by atoms with E-state index in [1.807, 2.05) is 0 Å². The maximum Gasteiger partial charge on any atom is 0.0766 e. The lowest BCUT2D eigenvalue weighted by Crippen LogP contribution is -2.42. The molecule has 0 heterocycles. The minimum Gasteiger partial charge on any atom is -0.0772 e. The molecule has 0 spiro atoms. The summed E-state index contributed by atoms with van der Waals surface area (Å²) in [6, 6.07) is 0. The molecule has 12 heavy (non-hydrogen) atoms. The second-order valence-electron chi connectivity index (χ2n) is 4.19. The summed E-state index contributed by atoms with van der Waals surface area (Å²) in [5, 5.41) is 0. The number of rotatable bonds is 7. The Kier molecular flexibility index (Phi) is 8.38. The first-order valence-electron chi connectivity index (χ1n) is 5.74. The normalized spacial score (nSPS) is 11.5. The van der Waals surface area contributed by atoms with Crippen LogP contribution in [0.25, 0.3) is 0 Å². The van der Waals surface area contributed by atoms with Gasteiger partial charge in [-0.05, 0) is 0 Å². The molecule has 0 fully saturated rings. The molecule has 60 valence electrons. The highest BCUT2D eigenvalue weighted by Crippen LogP contribution is 2.09. The van der Waals surface area contributed by atoms with Gasteiger partial charge >= 0.3 is 0 Å². The summed E-state index contributed by atoms with van der Waals surface area (Å²) >= 11 is 0. The Morgan fingerprint density at radius 1 is 1.42 bits per heavy atom. The largest absolute Gasteiger partial charge is 0.0772 e. The van der Waals surface area contributed by atoms with Crippen LogP contribution in [0.2, 0.25) is 5.82 Å². The zero-order valence-corrected chi connectivity index (χ0v) is 9.40. The van der Waals surface area contributed by atoms with E-state index in [1.54, 1.807) is 0 Å². The van der Waals surface area contributed by atoms with Crippen LogP contribution in [0.3, 0.4) is 0 Å². The molecule has 7 heteroatoms. The highest BCUT2D eigenvalue weighted by atomic mass is 13.9. The van der Waals surface area contributed by atoms with Crippen molar-refractivity contribution in [1.82, 2.24) is 0 Å². The first kappa shape index (κ1) is 12.5. The highest BCUT2D eigenvalue weighted by molar-refractivity contribution is 7.75.